The number of alkyl halides is 3. The first-order valence-electron chi connectivity index (χ1n) is 9.54. The van der Waals surface area contributed by atoms with Crippen molar-refractivity contribution in [3.8, 4) is 0 Å². The SMILES string of the molecule is NC(=C1CCCC1=NC(=O)N1CCN2CCC1CC2)n1cc(C(F)(F)F)cn1. The summed E-state index contributed by atoms with van der Waals surface area (Å²) < 4.78 is 39.5. The highest BCUT2D eigenvalue weighted by Gasteiger charge is 2.34. The number of carbonyl (C=O) groups is 1. The first-order chi connectivity index (χ1) is 13.3. The fraction of sp³-hybridized carbons (Fsp3) is 0.611. The number of nitrogens with zero attached hydrogens (tertiary/aromatic N) is 5. The highest BCUT2D eigenvalue weighted by atomic mass is 19.4. The van der Waals surface area contributed by atoms with Crippen molar-refractivity contribution in [1.29, 1.82) is 0 Å². The molecule has 0 spiro atoms. The third-order valence-corrected chi connectivity index (χ3v) is 5.79. The second-order valence-electron chi connectivity index (χ2n) is 7.50. The fourth-order valence-electron chi connectivity index (χ4n) is 4.18. The van der Waals surface area contributed by atoms with Gasteiger partial charge in [0.25, 0.3) is 0 Å². The van der Waals surface area contributed by atoms with Crippen LogP contribution in [-0.2, 0) is 6.18 Å². The highest BCUT2D eigenvalue weighted by molar-refractivity contribution is 6.10. The summed E-state index contributed by atoms with van der Waals surface area (Å²) in [6.07, 6.45) is 0.940. The maximum Gasteiger partial charge on any atom is 0.419 e. The molecule has 1 aliphatic carbocycles. The first-order valence-corrected chi connectivity index (χ1v) is 9.54. The van der Waals surface area contributed by atoms with E-state index in [2.05, 4.69) is 15.0 Å². The van der Waals surface area contributed by atoms with Gasteiger partial charge in [-0.3, -0.25) is 0 Å². The van der Waals surface area contributed by atoms with Gasteiger partial charge < -0.3 is 15.5 Å². The van der Waals surface area contributed by atoms with E-state index in [-0.39, 0.29) is 17.9 Å². The largest absolute Gasteiger partial charge is 0.419 e. The number of amides is 2. The van der Waals surface area contributed by atoms with Crippen molar-refractivity contribution in [3.63, 3.8) is 0 Å². The summed E-state index contributed by atoms with van der Waals surface area (Å²) in [6.45, 7) is 3.52. The normalized spacial score (nSPS) is 28.7. The lowest BCUT2D eigenvalue weighted by molar-refractivity contribution is -0.137. The molecule has 5 rings (SSSR count). The summed E-state index contributed by atoms with van der Waals surface area (Å²) >= 11 is 0. The number of nitrogens with two attached hydrogens (primary N) is 1. The summed E-state index contributed by atoms with van der Waals surface area (Å²) in [5.74, 6) is 0.0995. The van der Waals surface area contributed by atoms with E-state index in [1.165, 1.54) is 0 Å². The average molecular weight is 396 g/mol. The third kappa shape index (κ3) is 3.65. The zero-order valence-electron chi connectivity index (χ0n) is 15.5. The number of piperidine rings is 1. The van der Waals surface area contributed by atoms with E-state index >= 15 is 0 Å². The first kappa shape index (κ1) is 19.0. The zero-order valence-corrected chi connectivity index (χ0v) is 15.5. The Morgan fingerprint density at radius 1 is 1.18 bits per heavy atom. The number of rotatable bonds is 1. The molecule has 4 heterocycles. The van der Waals surface area contributed by atoms with Crippen LogP contribution in [-0.4, -0.2) is 63.5 Å². The van der Waals surface area contributed by atoms with Crippen LogP contribution in [0.15, 0.2) is 23.0 Å². The van der Waals surface area contributed by atoms with E-state index < -0.39 is 11.7 Å². The average Bonchev–Trinajstić information content (AvgIpc) is 3.23. The molecule has 4 fully saturated rings. The minimum absolute atomic E-state index is 0.0995. The Hall–Kier alpha value is -2.36. The molecule has 2 N–H and O–H groups in total. The van der Waals surface area contributed by atoms with Gasteiger partial charge in [0.15, 0.2) is 0 Å². The van der Waals surface area contributed by atoms with Crippen molar-refractivity contribution < 1.29 is 18.0 Å². The Bertz CT molecular complexity index is 820. The number of urea groups is 1. The second kappa shape index (κ2) is 7.23. The molecular formula is C18H23F3N6O. The van der Waals surface area contributed by atoms with Gasteiger partial charge in [-0.15, -0.1) is 0 Å². The summed E-state index contributed by atoms with van der Waals surface area (Å²) in [5.41, 5.74) is 6.39. The van der Waals surface area contributed by atoms with Crippen molar-refractivity contribution >= 4 is 17.6 Å². The molecular weight excluding hydrogens is 373 g/mol. The number of carbonyl (C=O) groups excluding carboxylic acids is 1. The molecule has 1 saturated carbocycles. The van der Waals surface area contributed by atoms with Gasteiger partial charge in [-0.2, -0.15) is 23.3 Å². The molecule has 0 atom stereocenters. The number of allylic oxidation sites excluding steroid dienone is 1. The maximum absolute atomic E-state index is 12.8. The van der Waals surface area contributed by atoms with Gasteiger partial charge >= 0.3 is 12.2 Å². The molecule has 2 amide bonds. The van der Waals surface area contributed by atoms with Gasteiger partial charge in [0.1, 0.15) is 5.82 Å². The fourth-order valence-corrected chi connectivity index (χ4v) is 4.18. The van der Waals surface area contributed by atoms with Gasteiger partial charge in [0.05, 0.1) is 17.5 Å². The molecule has 2 bridgehead atoms. The summed E-state index contributed by atoms with van der Waals surface area (Å²) in [4.78, 5) is 21.3. The number of hydrogen-bond donors (Lipinski definition) is 1. The van der Waals surface area contributed by atoms with Crippen LogP contribution in [0.4, 0.5) is 18.0 Å². The second-order valence-corrected chi connectivity index (χ2v) is 7.50. The lowest BCUT2D eigenvalue weighted by Gasteiger charge is -2.30. The Labute approximate surface area is 160 Å². The molecule has 28 heavy (non-hydrogen) atoms. The standard InChI is InChI=1S/C18H23F3N6O/c19-18(20,21)12-10-23-27(11-12)16(22)14-2-1-3-15(14)24-17(28)26-9-8-25-6-4-13(26)5-7-25/h10-11,13H,1-9,22H2. The molecule has 0 unspecified atom stereocenters. The van der Waals surface area contributed by atoms with Crippen LogP contribution in [0.5, 0.6) is 0 Å². The van der Waals surface area contributed by atoms with E-state index in [9.17, 15) is 18.0 Å². The van der Waals surface area contributed by atoms with Gasteiger partial charge in [-0.1, -0.05) is 0 Å². The van der Waals surface area contributed by atoms with E-state index in [0.717, 1.165) is 56.0 Å². The van der Waals surface area contributed by atoms with Crippen molar-refractivity contribution in [2.45, 2.75) is 44.3 Å². The molecule has 0 radical (unpaired) electrons. The lowest BCUT2D eigenvalue weighted by Crippen LogP contribution is -2.40. The van der Waals surface area contributed by atoms with Crippen molar-refractivity contribution in [2.75, 3.05) is 26.2 Å². The molecule has 7 nitrogen and oxygen atoms in total. The number of aromatic nitrogens is 2. The minimum Gasteiger partial charge on any atom is -0.383 e. The monoisotopic (exact) mass is 396 g/mol. The van der Waals surface area contributed by atoms with Crippen molar-refractivity contribution in [2.24, 2.45) is 10.7 Å². The van der Waals surface area contributed by atoms with E-state index in [4.69, 9.17) is 5.73 Å². The smallest absolute Gasteiger partial charge is 0.383 e. The quantitative estimate of drug-likeness (QED) is 0.791. The minimum atomic E-state index is -4.48. The van der Waals surface area contributed by atoms with Gasteiger partial charge in [-0.05, 0) is 32.1 Å². The molecule has 4 aliphatic rings. The van der Waals surface area contributed by atoms with Crippen LogP contribution in [0.1, 0.15) is 37.7 Å². The number of fused-ring (bicyclic) bond motifs is 4. The van der Waals surface area contributed by atoms with Crippen LogP contribution in [0.25, 0.3) is 5.82 Å². The Morgan fingerprint density at radius 3 is 2.61 bits per heavy atom. The predicted molar refractivity (Wildman–Crippen MR) is 97.5 cm³/mol. The van der Waals surface area contributed by atoms with Gasteiger partial charge in [0, 0.05) is 44.0 Å². The van der Waals surface area contributed by atoms with E-state index in [1.54, 1.807) is 0 Å². The zero-order chi connectivity index (χ0) is 19.9. The molecule has 152 valence electrons. The molecule has 3 saturated heterocycles. The summed E-state index contributed by atoms with van der Waals surface area (Å²) in [6, 6.07) is -0.0605. The Balaban J connectivity index is 1.57. The molecule has 0 aromatic carbocycles. The van der Waals surface area contributed by atoms with Gasteiger partial charge in [0.2, 0.25) is 0 Å². The van der Waals surface area contributed by atoms with Crippen molar-refractivity contribution in [3.05, 3.63) is 23.5 Å². The van der Waals surface area contributed by atoms with Crippen LogP contribution in [0.2, 0.25) is 0 Å². The van der Waals surface area contributed by atoms with Crippen LogP contribution >= 0.6 is 0 Å². The maximum atomic E-state index is 12.8. The number of halogens is 3. The Kier molecular flexibility index (Phi) is 4.90. The number of hydrogen-bond acceptors (Lipinski definition) is 4. The highest BCUT2D eigenvalue weighted by Crippen LogP contribution is 2.31. The third-order valence-electron chi connectivity index (χ3n) is 5.79. The summed E-state index contributed by atoms with van der Waals surface area (Å²) in [5, 5.41) is 3.73. The van der Waals surface area contributed by atoms with Crippen molar-refractivity contribution in [1.82, 2.24) is 19.6 Å². The predicted octanol–water partition coefficient (Wildman–Crippen LogP) is 2.55. The van der Waals surface area contributed by atoms with Crippen LogP contribution in [0, 0.1) is 0 Å². The summed E-state index contributed by atoms with van der Waals surface area (Å²) in [7, 11) is 0. The Morgan fingerprint density at radius 2 is 1.93 bits per heavy atom. The van der Waals surface area contributed by atoms with Crippen LogP contribution < -0.4 is 5.73 Å². The van der Waals surface area contributed by atoms with E-state index in [1.807, 2.05) is 4.90 Å². The van der Waals surface area contributed by atoms with Gasteiger partial charge in [-0.25, -0.2) is 9.48 Å². The molecule has 3 aliphatic heterocycles. The van der Waals surface area contributed by atoms with E-state index in [0.29, 0.717) is 30.7 Å². The number of aliphatic imine (C=N–C) groups is 1. The van der Waals surface area contributed by atoms with Crippen LogP contribution in [0.3, 0.4) is 0 Å². The lowest BCUT2D eigenvalue weighted by atomic mass is 10.1. The topological polar surface area (TPSA) is 79.8 Å². The molecule has 1 aromatic rings. The molecule has 10 heteroatoms. The molecule has 1 aromatic heterocycles.